The summed E-state index contributed by atoms with van der Waals surface area (Å²) in [5.74, 6) is 1.82. The van der Waals surface area contributed by atoms with Gasteiger partial charge in [0, 0.05) is 19.1 Å². The molecule has 4 rings (SSSR count). The second-order valence-corrected chi connectivity index (χ2v) is 8.23. The Bertz CT molecular complexity index is 1080. The molecule has 0 radical (unpaired) electrons. The van der Waals surface area contributed by atoms with Crippen LogP contribution in [0, 0.1) is 6.92 Å². The summed E-state index contributed by atoms with van der Waals surface area (Å²) in [5, 5.41) is 2.92. The number of oxazole rings is 1. The molecule has 0 aliphatic carbocycles. The van der Waals surface area contributed by atoms with Crippen LogP contribution in [0.2, 0.25) is 0 Å². The first-order valence-corrected chi connectivity index (χ1v) is 10.9. The zero-order valence-electron chi connectivity index (χ0n) is 18.8. The average Bonchev–Trinajstić information content (AvgIpc) is 3.42. The Hall–Kier alpha value is -3.32. The van der Waals surface area contributed by atoms with E-state index in [4.69, 9.17) is 13.9 Å². The van der Waals surface area contributed by atoms with Gasteiger partial charge in [-0.15, -0.1) is 0 Å². The van der Waals surface area contributed by atoms with Crippen molar-refractivity contribution < 1.29 is 18.7 Å². The predicted octanol–water partition coefficient (Wildman–Crippen LogP) is 4.44. The van der Waals surface area contributed by atoms with Crippen molar-refractivity contribution in [3.63, 3.8) is 0 Å². The number of hydrogen-bond donors (Lipinski definition) is 1. The van der Waals surface area contributed by atoms with Gasteiger partial charge < -0.3 is 19.2 Å². The molecule has 1 amide bonds. The number of carbonyl (C=O) groups excluding carboxylic acids is 1. The van der Waals surface area contributed by atoms with Crippen LogP contribution in [0.1, 0.15) is 53.3 Å². The van der Waals surface area contributed by atoms with Crippen LogP contribution in [0.5, 0.6) is 11.5 Å². The molecule has 1 aliphatic heterocycles. The molecule has 1 aromatic heterocycles. The number of benzene rings is 2. The van der Waals surface area contributed by atoms with Gasteiger partial charge in [-0.3, -0.25) is 9.69 Å². The number of fused-ring (bicyclic) bond motifs is 1. The molecule has 1 atom stereocenters. The van der Waals surface area contributed by atoms with Crippen LogP contribution in [-0.4, -0.2) is 28.6 Å². The van der Waals surface area contributed by atoms with Crippen LogP contribution < -0.4 is 14.8 Å². The van der Waals surface area contributed by atoms with Crippen LogP contribution in [0.4, 0.5) is 0 Å². The molecule has 0 saturated heterocycles. The number of aromatic nitrogens is 1. The fourth-order valence-electron chi connectivity index (χ4n) is 3.61. The lowest BCUT2D eigenvalue weighted by Gasteiger charge is -2.21. The van der Waals surface area contributed by atoms with Crippen LogP contribution in [0.3, 0.4) is 0 Å². The first-order valence-electron chi connectivity index (χ1n) is 10.9. The first kappa shape index (κ1) is 21.9. The van der Waals surface area contributed by atoms with Crippen molar-refractivity contribution in [2.45, 2.75) is 52.9 Å². The molecule has 0 bridgehead atoms. The molecule has 0 spiro atoms. The molecule has 7 nitrogen and oxygen atoms in total. The van der Waals surface area contributed by atoms with Gasteiger partial charge in [-0.05, 0) is 43.5 Å². The van der Waals surface area contributed by atoms with Crippen LogP contribution >= 0.6 is 0 Å². The van der Waals surface area contributed by atoms with E-state index >= 15 is 0 Å². The maximum atomic E-state index is 12.4. The van der Waals surface area contributed by atoms with E-state index < -0.39 is 0 Å². The largest absolute Gasteiger partial charge is 0.454 e. The highest BCUT2D eigenvalue weighted by Gasteiger charge is 2.18. The van der Waals surface area contributed by atoms with E-state index in [-0.39, 0.29) is 18.7 Å². The Morgan fingerprint density at radius 3 is 2.66 bits per heavy atom. The summed E-state index contributed by atoms with van der Waals surface area (Å²) in [6.45, 7) is 8.19. The number of nitrogens with zero attached hydrogens (tertiary/aromatic N) is 2. The van der Waals surface area contributed by atoms with Crippen molar-refractivity contribution in [3.05, 3.63) is 77.0 Å². The Morgan fingerprint density at radius 2 is 1.88 bits per heavy atom. The molecule has 1 N–H and O–H groups in total. The Labute approximate surface area is 188 Å². The van der Waals surface area contributed by atoms with Gasteiger partial charge in [-0.1, -0.05) is 42.8 Å². The fraction of sp³-hybridized carbons (Fsp3) is 0.360. The third-order valence-electron chi connectivity index (χ3n) is 5.46. The molecular formula is C25H29N3O4. The maximum Gasteiger partial charge on any atom is 0.273 e. The van der Waals surface area contributed by atoms with Gasteiger partial charge in [0.25, 0.3) is 5.91 Å². The van der Waals surface area contributed by atoms with Crippen molar-refractivity contribution in [2.24, 2.45) is 0 Å². The Kier molecular flexibility index (Phi) is 6.75. The summed E-state index contributed by atoms with van der Waals surface area (Å²) in [5.41, 5.74) is 3.82. The molecule has 2 aromatic carbocycles. The minimum absolute atomic E-state index is 0.0893. The van der Waals surface area contributed by atoms with Gasteiger partial charge in [0.2, 0.25) is 12.7 Å². The zero-order chi connectivity index (χ0) is 22.5. The topological polar surface area (TPSA) is 76.8 Å². The second kappa shape index (κ2) is 9.87. The number of hydrogen-bond acceptors (Lipinski definition) is 6. The lowest BCUT2D eigenvalue weighted by atomic mass is 10.1. The zero-order valence-corrected chi connectivity index (χ0v) is 18.8. The highest BCUT2D eigenvalue weighted by Crippen LogP contribution is 2.33. The summed E-state index contributed by atoms with van der Waals surface area (Å²) in [7, 11) is 0. The summed E-state index contributed by atoms with van der Waals surface area (Å²) in [6, 6.07) is 14.5. The fourth-order valence-corrected chi connectivity index (χ4v) is 3.61. The molecule has 168 valence electrons. The number of rotatable bonds is 9. The smallest absolute Gasteiger partial charge is 0.273 e. The number of aryl methyl sites for hydroxylation is 1. The maximum absolute atomic E-state index is 12.4. The third-order valence-corrected chi connectivity index (χ3v) is 5.46. The minimum atomic E-state index is -0.213. The van der Waals surface area contributed by atoms with Crippen molar-refractivity contribution in [1.29, 1.82) is 0 Å². The normalized spacial score (nSPS) is 13.4. The molecule has 1 unspecified atom stereocenters. The van der Waals surface area contributed by atoms with Crippen molar-refractivity contribution in [3.8, 4) is 11.5 Å². The van der Waals surface area contributed by atoms with E-state index in [2.05, 4.69) is 46.4 Å². The monoisotopic (exact) mass is 435 g/mol. The molecule has 0 saturated carbocycles. The molecule has 3 aromatic rings. The summed E-state index contributed by atoms with van der Waals surface area (Å²) in [4.78, 5) is 19.0. The van der Waals surface area contributed by atoms with Gasteiger partial charge in [-0.2, -0.15) is 0 Å². The quantitative estimate of drug-likeness (QED) is 0.535. The third kappa shape index (κ3) is 5.48. The van der Waals surface area contributed by atoms with Crippen LogP contribution in [-0.2, 0) is 19.6 Å². The minimum Gasteiger partial charge on any atom is -0.454 e. The molecule has 0 fully saturated rings. The Balaban J connectivity index is 1.51. The van der Waals surface area contributed by atoms with E-state index in [0.717, 1.165) is 23.5 Å². The first-order chi connectivity index (χ1) is 15.5. The molecule has 1 aliphatic rings. The van der Waals surface area contributed by atoms with Gasteiger partial charge >= 0.3 is 0 Å². The van der Waals surface area contributed by atoms with E-state index in [1.165, 1.54) is 17.4 Å². The summed E-state index contributed by atoms with van der Waals surface area (Å²) < 4.78 is 16.6. The second-order valence-electron chi connectivity index (χ2n) is 8.23. The highest BCUT2D eigenvalue weighted by molar-refractivity contribution is 5.92. The van der Waals surface area contributed by atoms with Gasteiger partial charge in [0.05, 0.1) is 6.54 Å². The van der Waals surface area contributed by atoms with Crippen LogP contribution in [0.15, 0.2) is 53.1 Å². The molecular weight excluding hydrogens is 406 g/mol. The van der Waals surface area contributed by atoms with Gasteiger partial charge in [-0.25, -0.2) is 4.98 Å². The van der Waals surface area contributed by atoms with Crippen molar-refractivity contribution in [1.82, 2.24) is 15.2 Å². The van der Waals surface area contributed by atoms with E-state index in [0.29, 0.717) is 31.2 Å². The number of carbonyl (C=O) groups is 1. The average molecular weight is 436 g/mol. The van der Waals surface area contributed by atoms with Gasteiger partial charge in [0.1, 0.15) is 6.26 Å². The number of amides is 1. The van der Waals surface area contributed by atoms with Gasteiger partial charge in [0.15, 0.2) is 17.2 Å². The Morgan fingerprint density at radius 1 is 1.09 bits per heavy atom. The summed E-state index contributed by atoms with van der Waals surface area (Å²) in [6.07, 6.45) is 2.29. The summed E-state index contributed by atoms with van der Waals surface area (Å²) >= 11 is 0. The van der Waals surface area contributed by atoms with E-state index in [1.807, 2.05) is 32.0 Å². The predicted molar refractivity (Wildman–Crippen MR) is 120 cm³/mol. The van der Waals surface area contributed by atoms with E-state index in [9.17, 15) is 4.79 Å². The van der Waals surface area contributed by atoms with E-state index in [1.54, 1.807) is 0 Å². The van der Waals surface area contributed by atoms with Crippen LogP contribution in [0.25, 0.3) is 0 Å². The van der Waals surface area contributed by atoms with Crippen molar-refractivity contribution >= 4 is 5.91 Å². The molecule has 32 heavy (non-hydrogen) atoms. The number of nitrogens with one attached hydrogen (secondary N) is 1. The molecule has 2 heterocycles. The lowest BCUT2D eigenvalue weighted by molar-refractivity contribution is 0.0934. The SMILES string of the molecule is CCC(C)NC(=O)c1coc(CN(Cc2cccc(C)c2)Cc2ccc3c(c2)OCO3)n1. The standard InChI is InChI=1S/C25H29N3O4/c1-4-18(3)26-25(29)21-15-30-24(27-21)14-28(12-19-7-5-6-17(2)10-19)13-20-8-9-22-23(11-20)32-16-31-22/h5-11,15,18H,4,12-14,16H2,1-3H3,(H,26,29). The number of ether oxygens (including phenoxy) is 2. The van der Waals surface area contributed by atoms with Crippen molar-refractivity contribution in [2.75, 3.05) is 6.79 Å². The highest BCUT2D eigenvalue weighted by atomic mass is 16.7. The lowest BCUT2D eigenvalue weighted by Crippen LogP contribution is -2.32. The molecule has 7 heteroatoms.